The SMILES string of the molecule is CC[N+](CC)(CC)CCCCCCCCCCCCOc1ccccc1. The first-order valence-electron chi connectivity index (χ1n) is 11.3. The van der Waals surface area contributed by atoms with Crippen LogP contribution in [-0.2, 0) is 0 Å². The molecule has 0 radical (unpaired) electrons. The minimum atomic E-state index is 0.858. The summed E-state index contributed by atoms with van der Waals surface area (Å²) in [7, 11) is 0. The van der Waals surface area contributed by atoms with Crippen LogP contribution in [0.2, 0.25) is 0 Å². The van der Waals surface area contributed by atoms with Gasteiger partial charge in [0.25, 0.3) is 0 Å². The molecule has 2 heteroatoms. The lowest BCUT2D eigenvalue weighted by Crippen LogP contribution is -2.48. The van der Waals surface area contributed by atoms with Crippen LogP contribution in [0.1, 0.15) is 85.0 Å². The summed E-state index contributed by atoms with van der Waals surface area (Å²) in [5.41, 5.74) is 0. The third-order valence-corrected chi connectivity index (χ3v) is 6.05. The summed E-state index contributed by atoms with van der Waals surface area (Å²) < 4.78 is 7.05. The number of unbranched alkanes of at least 4 members (excludes halogenated alkanes) is 9. The topological polar surface area (TPSA) is 9.23 Å². The molecule has 0 spiro atoms. The molecule has 0 atom stereocenters. The van der Waals surface area contributed by atoms with Gasteiger partial charge < -0.3 is 9.22 Å². The van der Waals surface area contributed by atoms with Crippen molar-refractivity contribution in [3.63, 3.8) is 0 Å². The van der Waals surface area contributed by atoms with Gasteiger partial charge in [-0.2, -0.15) is 0 Å². The van der Waals surface area contributed by atoms with Crippen LogP contribution in [0.25, 0.3) is 0 Å². The van der Waals surface area contributed by atoms with E-state index in [-0.39, 0.29) is 0 Å². The highest BCUT2D eigenvalue weighted by atomic mass is 16.5. The molecule has 0 N–H and O–H groups in total. The lowest BCUT2D eigenvalue weighted by molar-refractivity contribution is -0.923. The van der Waals surface area contributed by atoms with E-state index < -0.39 is 0 Å². The fourth-order valence-corrected chi connectivity index (χ4v) is 3.82. The average molecular weight is 363 g/mol. The first kappa shape index (κ1) is 23.0. The van der Waals surface area contributed by atoms with Gasteiger partial charge in [-0.1, -0.05) is 63.1 Å². The zero-order valence-corrected chi connectivity index (χ0v) is 17.8. The van der Waals surface area contributed by atoms with Crippen molar-refractivity contribution in [1.29, 1.82) is 0 Å². The second kappa shape index (κ2) is 15.1. The minimum absolute atomic E-state index is 0.858. The molecule has 0 aromatic heterocycles. The predicted octanol–water partition coefficient (Wildman–Crippen LogP) is 6.84. The number of nitrogens with zero attached hydrogens (tertiary/aromatic N) is 1. The van der Waals surface area contributed by atoms with E-state index >= 15 is 0 Å². The van der Waals surface area contributed by atoms with Crippen LogP contribution in [0.4, 0.5) is 0 Å². The second-order valence-electron chi connectivity index (χ2n) is 7.71. The molecule has 2 nitrogen and oxygen atoms in total. The zero-order chi connectivity index (χ0) is 18.9. The molecule has 1 aromatic carbocycles. The van der Waals surface area contributed by atoms with Gasteiger partial charge in [0.1, 0.15) is 5.75 Å². The number of ether oxygens (including phenoxy) is 1. The minimum Gasteiger partial charge on any atom is -0.494 e. The Balaban J connectivity index is 1.83. The molecule has 0 aliphatic rings. The van der Waals surface area contributed by atoms with E-state index in [0.717, 1.165) is 12.4 Å². The maximum atomic E-state index is 5.74. The zero-order valence-electron chi connectivity index (χ0n) is 17.8. The van der Waals surface area contributed by atoms with Gasteiger partial charge in [0.05, 0.1) is 32.8 Å². The smallest absolute Gasteiger partial charge is 0.119 e. The van der Waals surface area contributed by atoms with E-state index in [2.05, 4.69) is 20.8 Å². The van der Waals surface area contributed by atoms with Crippen molar-refractivity contribution in [2.24, 2.45) is 0 Å². The van der Waals surface area contributed by atoms with Crippen LogP contribution in [0, 0.1) is 0 Å². The van der Waals surface area contributed by atoms with Crippen molar-refractivity contribution in [3.05, 3.63) is 30.3 Å². The van der Waals surface area contributed by atoms with Crippen molar-refractivity contribution < 1.29 is 9.22 Å². The van der Waals surface area contributed by atoms with Gasteiger partial charge in [0, 0.05) is 0 Å². The molecule has 0 saturated carbocycles. The van der Waals surface area contributed by atoms with Crippen LogP contribution >= 0.6 is 0 Å². The van der Waals surface area contributed by atoms with Crippen molar-refractivity contribution in [1.82, 2.24) is 0 Å². The molecule has 0 fully saturated rings. The summed E-state index contributed by atoms with van der Waals surface area (Å²) in [4.78, 5) is 0. The molecule has 0 bridgehead atoms. The number of para-hydroxylation sites is 1. The van der Waals surface area contributed by atoms with E-state index in [1.807, 2.05) is 30.3 Å². The van der Waals surface area contributed by atoms with Gasteiger partial charge in [-0.25, -0.2) is 0 Å². The van der Waals surface area contributed by atoms with Crippen LogP contribution in [-0.4, -0.2) is 37.3 Å². The molecule has 1 rings (SSSR count). The van der Waals surface area contributed by atoms with Crippen LogP contribution in [0.3, 0.4) is 0 Å². The first-order valence-corrected chi connectivity index (χ1v) is 11.3. The van der Waals surface area contributed by atoms with Crippen molar-refractivity contribution in [3.8, 4) is 5.75 Å². The van der Waals surface area contributed by atoms with Crippen molar-refractivity contribution in [2.45, 2.75) is 85.0 Å². The molecular weight excluding hydrogens is 318 g/mol. The number of rotatable bonds is 17. The summed E-state index contributed by atoms with van der Waals surface area (Å²) in [5.74, 6) is 1.00. The summed E-state index contributed by atoms with van der Waals surface area (Å²) in [5, 5.41) is 0. The Morgan fingerprint density at radius 3 is 1.58 bits per heavy atom. The van der Waals surface area contributed by atoms with Crippen LogP contribution in [0.15, 0.2) is 30.3 Å². The van der Waals surface area contributed by atoms with Gasteiger partial charge in [-0.15, -0.1) is 0 Å². The largest absolute Gasteiger partial charge is 0.494 e. The summed E-state index contributed by atoms with van der Waals surface area (Å²) in [6, 6.07) is 10.2. The molecule has 0 amide bonds. The van der Waals surface area contributed by atoms with Crippen LogP contribution < -0.4 is 4.74 Å². The van der Waals surface area contributed by atoms with Gasteiger partial charge >= 0.3 is 0 Å². The van der Waals surface area contributed by atoms with Crippen molar-refractivity contribution in [2.75, 3.05) is 32.8 Å². The molecular formula is C24H44NO+. The number of quaternary nitrogens is 1. The quantitative estimate of drug-likeness (QED) is 0.218. The van der Waals surface area contributed by atoms with Gasteiger partial charge in [0.15, 0.2) is 0 Å². The maximum Gasteiger partial charge on any atom is 0.119 e. The monoisotopic (exact) mass is 362 g/mol. The predicted molar refractivity (Wildman–Crippen MR) is 115 cm³/mol. The highest BCUT2D eigenvalue weighted by Crippen LogP contribution is 2.14. The molecule has 150 valence electrons. The number of hydrogen-bond donors (Lipinski definition) is 0. The molecule has 0 unspecified atom stereocenters. The molecule has 1 aromatic rings. The maximum absolute atomic E-state index is 5.74. The summed E-state index contributed by atoms with van der Waals surface area (Å²) in [6.45, 7) is 13.2. The Hall–Kier alpha value is -1.02. The van der Waals surface area contributed by atoms with Gasteiger partial charge in [-0.3, -0.25) is 0 Å². The molecule has 0 saturated heterocycles. The Morgan fingerprint density at radius 1 is 0.615 bits per heavy atom. The Labute approximate surface area is 163 Å². The molecule has 0 aliphatic heterocycles. The summed E-state index contributed by atoms with van der Waals surface area (Å²) in [6.07, 6.45) is 13.8. The highest BCUT2D eigenvalue weighted by Gasteiger charge is 2.19. The Morgan fingerprint density at radius 2 is 1.08 bits per heavy atom. The number of hydrogen-bond acceptors (Lipinski definition) is 1. The van der Waals surface area contributed by atoms with E-state index in [0.29, 0.717) is 0 Å². The average Bonchev–Trinajstić information content (AvgIpc) is 2.70. The Kier molecular flexibility index (Phi) is 13.4. The Bertz CT molecular complexity index is 405. The first-order chi connectivity index (χ1) is 12.8. The number of benzene rings is 1. The fourth-order valence-electron chi connectivity index (χ4n) is 3.82. The van der Waals surface area contributed by atoms with Crippen molar-refractivity contribution >= 4 is 0 Å². The third-order valence-electron chi connectivity index (χ3n) is 6.05. The van der Waals surface area contributed by atoms with Gasteiger partial charge in [-0.05, 0) is 52.2 Å². The van der Waals surface area contributed by atoms with Gasteiger partial charge in [0.2, 0.25) is 0 Å². The fraction of sp³-hybridized carbons (Fsp3) is 0.750. The van der Waals surface area contributed by atoms with E-state index in [4.69, 9.17) is 4.74 Å². The molecule has 26 heavy (non-hydrogen) atoms. The highest BCUT2D eigenvalue weighted by molar-refractivity contribution is 5.20. The van der Waals surface area contributed by atoms with E-state index in [9.17, 15) is 0 Å². The molecule has 0 aliphatic carbocycles. The lowest BCUT2D eigenvalue weighted by atomic mass is 10.1. The lowest BCUT2D eigenvalue weighted by Gasteiger charge is -2.35. The normalized spacial score (nSPS) is 11.7. The third kappa shape index (κ3) is 10.2. The second-order valence-corrected chi connectivity index (χ2v) is 7.71. The van der Waals surface area contributed by atoms with Crippen LogP contribution in [0.5, 0.6) is 5.75 Å². The summed E-state index contributed by atoms with van der Waals surface area (Å²) >= 11 is 0. The van der Waals surface area contributed by atoms with E-state index in [1.54, 1.807) is 0 Å². The van der Waals surface area contributed by atoms with E-state index in [1.165, 1.54) is 94.9 Å². The molecule has 0 heterocycles. The standard InChI is InChI=1S/C24H44NO/c1-4-25(5-2,6-3)22-18-13-11-9-7-8-10-12-14-19-23-26-24-20-16-15-17-21-24/h15-17,20-21H,4-14,18-19,22-23H2,1-3H3/q+1.